The summed E-state index contributed by atoms with van der Waals surface area (Å²) in [6.45, 7) is 0.0243. The Hall–Kier alpha value is -0.640. The number of hydrogen-bond acceptors (Lipinski definition) is 4. The van der Waals surface area contributed by atoms with Gasteiger partial charge >= 0.3 is 6.18 Å². The molecule has 120 valence electrons. The molecule has 9 heteroatoms. The van der Waals surface area contributed by atoms with Gasteiger partial charge in [-0.15, -0.1) is 11.3 Å². The molecule has 2 rings (SSSR count). The lowest BCUT2D eigenvalue weighted by Gasteiger charge is -2.16. The van der Waals surface area contributed by atoms with Crippen LogP contribution in [0.15, 0.2) is 16.3 Å². The van der Waals surface area contributed by atoms with Crippen molar-refractivity contribution in [3.8, 4) is 0 Å². The molecule has 0 aliphatic heterocycles. The van der Waals surface area contributed by atoms with Crippen molar-refractivity contribution in [3.63, 3.8) is 0 Å². The first kappa shape index (κ1) is 16.7. The highest BCUT2D eigenvalue weighted by Crippen LogP contribution is 2.27. The van der Waals surface area contributed by atoms with Gasteiger partial charge in [0.15, 0.2) is 0 Å². The van der Waals surface area contributed by atoms with E-state index in [-0.39, 0.29) is 4.21 Å². The van der Waals surface area contributed by atoms with Crippen molar-refractivity contribution in [3.05, 3.63) is 17.0 Å². The Morgan fingerprint density at radius 3 is 2.62 bits per heavy atom. The van der Waals surface area contributed by atoms with Crippen LogP contribution < -0.4 is 5.32 Å². The number of rotatable bonds is 7. The van der Waals surface area contributed by atoms with E-state index in [4.69, 9.17) is 0 Å². The first-order valence-electron chi connectivity index (χ1n) is 6.54. The van der Waals surface area contributed by atoms with Crippen molar-refractivity contribution in [1.82, 2.24) is 9.62 Å². The zero-order valence-corrected chi connectivity index (χ0v) is 13.1. The summed E-state index contributed by atoms with van der Waals surface area (Å²) in [7, 11) is -2.67. The SMILES string of the molecule is CN(CCC(F)(F)F)S(=O)(=O)c1ccc(CNC2CC2)s1. The zero-order chi connectivity index (χ0) is 15.7. The van der Waals surface area contributed by atoms with E-state index in [2.05, 4.69) is 5.32 Å². The van der Waals surface area contributed by atoms with Gasteiger partial charge in [-0.25, -0.2) is 8.42 Å². The molecule has 21 heavy (non-hydrogen) atoms. The topological polar surface area (TPSA) is 49.4 Å². The van der Waals surface area contributed by atoms with Gasteiger partial charge in [-0.2, -0.15) is 17.5 Å². The van der Waals surface area contributed by atoms with Crippen molar-refractivity contribution >= 4 is 21.4 Å². The van der Waals surface area contributed by atoms with Gasteiger partial charge in [-0.1, -0.05) is 0 Å². The van der Waals surface area contributed by atoms with Gasteiger partial charge in [0.1, 0.15) is 4.21 Å². The smallest absolute Gasteiger partial charge is 0.309 e. The van der Waals surface area contributed by atoms with Gasteiger partial charge in [-0.3, -0.25) is 0 Å². The highest BCUT2D eigenvalue weighted by molar-refractivity contribution is 7.91. The Bertz CT molecular complexity index is 580. The molecule has 0 spiro atoms. The van der Waals surface area contributed by atoms with Crippen LogP contribution in [0.2, 0.25) is 0 Å². The third-order valence-electron chi connectivity index (χ3n) is 3.15. The molecular weight excluding hydrogens is 325 g/mol. The van der Waals surface area contributed by atoms with Gasteiger partial charge < -0.3 is 5.32 Å². The molecule has 1 aliphatic carbocycles. The van der Waals surface area contributed by atoms with Crippen LogP contribution in [0.3, 0.4) is 0 Å². The predicted octanol–water partition coefficient (Wildman–Crippen LogP) is 2.57. The van der Waals surface area contributed by atoms with E-state index in [1.54, 1.807) is 6.07 Å². The van der Waals surface area contributed by atoms with Crippen LogP contribution in [0.25, 0.3) is 0 Å². The molecule has 1 heterocycles. The molecule has 4 nitrogen and oxygen atoms in total. The standard InChI is InChI=1S/C12H17F3N2O2S2/c1-17(7-6-12(13,14)15)21(18,19)11-5-4-10(20-11)8-16-9-2-3-9/h4-5,9,16H,2-3,6-8H2,1H3. The molecule has 0 saturated heterocycles. The van der Waals surface area contributed by atoms with Crippen molar-refractivity contribution in [2.24, 2.45) is 0 Å². The molecule has 0 atom stereocenters. The van der Waals surface area contributed by atoms with Crippen molar-refractivity contribution in [2.75, 3.05) is 13.6 Å². The summed E-state index contributed by atoms with van der Waals surface area (Å²) in [5.74, 6) is 0. The Balaban J connectivity index is 1.97. The van der Waals surface area contributed by atoms with E-state index in [0.29, 0.717) is 12.6 Å². The molecule has 0 amide bonds. The summed E-state index contributed by atoms with van der Waals surface area (Å²) in [4.78, 5) is 0.865. The zero-order valence-electron chi connectivity index (χ0n) is 11.5. The second-order valence-corrected chi connectivity index (χ2v) is 8.51. The fraction of sp³-hybridized carbons (Fsp3) is 0.667. The Morgan fingerprint density at radius 2 is 2.05 bits per heavy atom. The number of nitrogens with one attached hydrogen (secondary N) is 1. The minimum Gasteiger partial charge on any atom is -0.309 e. The van der Waals surface area contributed by atoms with E-state index < -0.39 is 29.2 Å². The Kier molecular flexibility index (Phi) is 4.96. The maximum atomic E-state index is 12.2. The fourth-order valence-electron chi connectivity index (χ4n) is 1.68. The summed E-state index contributed by atoms with van der Waals surface area (Å²) in [6, 6.07) is 3.67. The van der Waals surface area contributed by atoms with Gasteiger partial charge in [0.25, 0.3) is 10.0 Å². The number of nitrogens with zero attached hydrogens (tertiary/aromatic N) is 1. The number of sulfonamides is 1. The van der Waals surface area contributed by atoms with Crippen LogP contribution in [-0.2, 0) is 16.6 Å². The maximum Gasteiger partial charge on any atom is 0.390 e. The monoisotopic (exact) mass is 342 g/mol. The van der Waals surface area contributed by atoms with E-state index in [1.165, 1.54) is 13.1 Å². The minimum absolute atomic E-state index is 0.0831. The minimum atomic E-state index is -4.36. The number of alkyl halides is 3. The van der Waals surface area contributed by atoms with E-state index in [1.807, 2.05) is 0 Å². The molecule has 1 aromatic heterocycles. The van der Waals surface area contributed by atoms with Crippen molar-refractivity contribution in [2.45, 2.75) is 42.2 Å². The third kappa shape index (κ3) is 4.94. The lowest BCUT2D eigenvalue weighted by molar-refractivity contribution is -0.135. The molecule has 1 aliphatic rings. The van der Waals surface area contributed by atoms with Crippen LogP contribution in [0.5, 0.6) is 0 Å². The number of hydrogen-bond donors (Lipinski definition) is 1. The second-order valence-electron chi connectivity index (χ2n) is 5.07. The molecule has 1 saturated carbocycles. The second kappa shape index (κ2) is 6.23. The quantitative estimate of drug-likeness (QED) is 0.829. The average Bonchev–Trinajstić information content (AvgIpc) is 3.08. The molecule has 1 aromatic rings. The first-order valence-corrected chi connectivity index (χ1v) is 8.79. The number of thiophene rings is 1. The van der Waals surface area contributed by atoms with Gasteiger partial charge in [0.2, 0.25) is 0 Å². The van der Waals surface area contributed by atoms with Crippen LogP contribution in [-0.4, -0.2) is 38.5 Å². The summed E-state index contributed by atoms with van der Waals surface area (Å²) < 4.78 is 61.7. The summed E-state index contributed by atoms with van der Waals surface area (Å²) >= 11 is 1.10. The summed E-state index contributed by atoms with van der Waals surface area (Å²) in [5, 5.41) is 3.27. The lowest BCUT2D eigenvalue weighted by atomic mass is 10.4. The maximum absolute atomic E-state index is 12.2. The van der Waals surface area contributed by atoms with Crippen molar-refractivity contribution in [1.29, 1.82) is 0 Å². The normalized spacial score (nSPS) is 16.6. The van der Waals surface area contributed by atoms with Gasteiger partial charge in [0, 0.05) is 31.1 Å². The van der Waals surface area contributed by atoms with Crippen LogP contribution in [0, 0.1) is 0 Å². The third-order valence-corrected chi connectivity index (χ3v) is 6.56. The highest BCUT2D eigenvalue weighted by Gasteiger charge is 2.31. The summed E-state index contributed by atoms with van der Waals surface area (Å²) in [6.07, 6.45) is -3.24. The molecule has 0 radical (unpaired) electrons. The lowest BCUT2D eigenvalue weighted by Crippen LogP contribution is -2.30. The number of halogens is 3. The van der Waals surface area contributed by atoms with E-state index in [9.17, 15) is 21.6 Å². The van der Waals surface area contributed by atoms with Crippen LogP contribution >= 0.6 is 11.3 Å². The van der Waals surface area contributed by atoms with Crippen molar-refractivity contribution < 1.29 is 21.6 Å². The molecular formula is C12H17F3N2O2S2. The molecule has 1 N–H and O–H groups in total. The Morgan fingerprint density at radius 1 is 1.38 bits per heavy atom. The average molecular weight is 342 g/mol. The van der Waals surface area contributed by atoms with E-state index in [0.717, 1.165) is 33.4 Å². The van der Waals surface area contributed by atoms with Gasteiger partial charge in [-0.05, 0) is 25.0 Å². The largest absolute Gasteiger partial charge is 0.390 e. The predicted molar refractivity (Wildman–Crippen MR) is 74.7 cm³/mol. The first-order chi connectivity index (χ1) is 9.68. The fourth-order valence-corrected chi connectivity index (χ4v) is 4.37. The van der Waals surface area contributed by atoms with Crippen LogP contribution in [0.4, 0.5) is 13.2 Å². The Labute approximate surface area is 126 Å². The summed E-state index contributed by atoms with van der Waals surface area (Å²) in [5.41, 5.74) is 0. The molecule has 0 bridgehead atoms. The molecule has 1 fully saturated rings. The van der Waals surface area contributed by atoms with Gasteiger partial charge in [0.05, 0.1) is 6.42 Å². The van der Waals surface area contributed by atoms with E-state index >= 15 is 0 Å². The molecule has 0 aromatic carbocycles. The molecule has 0 unspecified atom stereocenters. The van der Waals surface area contributed by atoms with Crippen LogP contribution in [0.1, 0.15) is 24.1 Å². The highest BCUT2D eigenvalue weighted by atomic mass is 32.2.